The molecule has 2 rings (SSSR count). The maximum absolute atomic E-state index is 11.9. The molecule has 118 valence electrons. The Hall–Kier alpha value is -1.33. The molecule has 1 fully saturated rings. The fraction of sp³-hybridized carbons (Fsp3) is 0.688. The molecule has 1 aromatic rings. The first-order chi connectivity index (χ1) is 9.93. The van der Waals surface area contributed by atoms with E-state index in [0.717, 1.165) is 31.8 Å². The molecule has 0 spiro atoms. The summed E-state index contributed by atoms with van der Waals surface area (Å²) in [5, 5.41) is 19.7. The number of hydrogen-bond acceptors (Lipinski definition) is 4. The fourth-order valence-corrected chi connectivity index (χ4v) is 3.07. The SMILES string of the molecule is CC1CCN(Cc2c(O)c(=O)cc(CO)n2C(C)C)CC1. The zero-order valence-electron chi connectivity index (χ0n) is 13.2. The molecule has 21 heavy (non-hydrogen) atoms. The van der Waals surface area contributed by atoms with Gasteiger partial charge >= 0.3 is 0 Å². The van der Waals surface area contributed by atoms with E-state index in [1.165, 1.54) is 6.07 Å². The van der Waals surface area contributed by atoms with Gasteiger partial charge in [-0.3, -0.25) is 9.69 Å². The molecule has 0 saturated carbocycles. The summed E-state index contributed by atoms with van der Waals surface area (Å²) in [5.74, 6) is 0.561. The Morgan fingerprint density at radius 1 is 1.33 bits per heavy atom. The van der Waals surface area contributed by atoms with Crippen LogP contribution in [0, 0.1) is 5.92 Å². The van der Waals surface area contributed by atoms with Crippen LogP contribution in [0.2, 0.25) is 0 Å². The molecule has 0 aromatic carbocycles. The summed E-state index contributed by atoms with van der Waals surface area (Å²) in [6.07, 6.45) is 2.29. The Morgan fingerprint density at radius 3 is 2.48 bits per heavy atom. The van der Waals surface area contributed by atoms with E-state index >= 15 is 0 Å². The van der Waals surface area contributed by atoms with Crippen molar-refractivity contribution in [2.45, 2.75) is 52.8 Å². The first-order valence-electron chi connectivity index (χ1n) is 7.73. The second-order valence-corrected chi connectivity index (χ2v) is 6.38. The predicted octanol–water partition coefficient (Wildman–Crippen LogP) is 1.86. The number of nitrogens with zero attached hydrogens (tertiary/aromatic N) is 2. The van der Waals surface area contributed by atoms with E-state index in [2.05, 4.69) is 11.8 Å². The normalized spacial score (nSPS) is 17.6. The number of aliphatic hydroxyl groups is 1. The summed E-state index contributed by atoms with van der Waals surface area (Å²) >= 11 is 0. The van der Waals surface area contributed by atoms with Gasteiger partial charge in [0.15, 0.2) is 5.75 Å². The van der Waals surface area contributed by atoms with Crippen LogP contribution >= 0.6 is 0 Å². The lowest BCUT2D eigenvalue weighted by Gasteiger charge is -2.32. The number of aromatic nitrogens is 1. The van der Waals surface area contributed by atoms with Crippen LogP contribution in [0.15, 0.2) is 10.9 Å². The molecule has 0 bridgehead atoms. The van der Waals surface area contributed by atoms with Gasteiger partial charge in [-0.1, -0.05) is 6.92 Å². The summed E-state index contributed by atoms with van der Waals surface area (Å²) in [6, 6.07) is 1.41. The summed E-state index contributed by atoms with van der Waals surface area (Å²) in [5.41, 5.74) is 0.778. The minimum atomic E-state index is -0.406. The van der Waals surface area contributed by atoms with E-state index in [4.69, 9.17) is 0 Å². The van der Waals surface area contributed by atoms with Crippen molar-refractivity contribution in [1.29, 1.82) is 0 Å². The maximum Gasteiger partial charge on any atom is 0.223 e. The number of likely N-dealkylation sites (tertiary alicyclic amines) is 1. The lowest BCUT2D eigenvalue weighted by Crippen LogP contribution is -2.34. The van der Waals surface area contributed by atoms with Gasteiger partial charge < -0.3 is 14.8 Å². The van der Waals surface area contributed by atoms with Crippen molar-refractivity contribution >= 4 is 0 Å². The van der Waals surface area contributed by atoms with Crippen LogP contribution < -0.4 is 5.43 Å². The Balaban J connectivity index is 2.36. The maximum atomic E-state index is 11.9. The van der Waals surface area contributed by atoms with Gasteiger partial charge in [-0.15, -0.1) is 0 Å². The van der Waals surface area contributed by atoms with Crippen molar-refractivity contribution < 1.29 is 10.2 Å². The summed E-state index contributed by atoms with van der Waals surface area (Å²) < 4.78 is 1.88. The molecule has 1 aromatic heterocycles. The fourth-order valence-electron chi connectivity index (χ4n) is 3.07. The average molecular weight is 294 g/mol. The molecule has 0 unspecified atom stereocenters. The molecule has 0 amide bonds. The van der Waals surface area contributed by atoms with Gasteiger partial charge in [0, 0.05) is 24.3 Å². The molecule has 1 aliphatic rings. The molecule has 0 aliphatic carbocycles. The number of aliphatic hydroxyl groups excluding tert-OH is 1. The molecule has 0 atom stereocenters. The Labute approximate surface area is 125 Å². The second-order valence-electron chi connectivity index (χ2n) is 6.38. The van der Waals surface area contributed by atoms with Gasteiger partial charge in [0.05, 0.1) is 12.3 Å². The van der Waals surface area contributed by atoms with Crippen LogP contribution in [0.1, 0.15) is 51.0 Å². The molecule has 2 N–H and O–H groups in total. The molecule has 1 aliphatic heterocycles. The number of aromatic hydroxyl groups is 1. The molecular weight excluding hydrogens is 268 g/mol. The third-order valence-corrected chi connectivity index (χ3v) is 4.33. The number of piperidine rings is 1. The largest absolute Gasteiger partial charge is 0.503 e. The van der Waals surface area contributed by atoms with Crippen LogP contribution in [0.4, 0.5) is 0 Å². The van der Waals surface area contributed by atoms with Crippen molar-refractivity contribution in [3.8, 4) is 5.75 Å². The van der Waals surface area contributed by atoms with Crippen molar-refractivity contribution in [3.05, 3.63) is 27.7 Å². The summed E-state index contributed by atoms with van der Waals surface area (Å²) in [6.45, 7) is 8.56. The third kappa shape index (κ3) is 3.47. The lowest BCUT2D eigenvalue weighted by atomic mass is 9.99. The van der Waals surface area contributed by atoms with Crippen LogP contribution in [0.3, 0.4) is 0 Å². The highest BCUT2D eigenvalue weighted by Crippen LogP contribution is 2.24. The molecule has 2 heterocycles. The molecule has 5 heteroatoms. The van der Waals surface area contributed by atoms with Crippen LogP contribution in [0.25, 0.3) is 0 Å². The van der Waals surface area contributed by atoms with Crippen LogP contribution in [-0.4, -0.2) is 32.8 Å². The van der Waals surface area contributed by atoms with Crippen molar-refractivity contribution in [1.82, 2.24) is 9.47 Å². The Kier molecular flexibility index (Phi) is 5.06. The highest BCUT2D eigenvalue weighted by Gasteiger charge is 2.21. The molecule has 0 radical (unpaired) electrons. The highest BCUT2D eigenvalue weighted by molar-refractivity contribution is 5.30. The van der Waals surface area contributed by atoms with Crippen LogP contribution in [0.5, 0.6) is 5.75 Å². The highest BCUT2D eigenvalue weighted by atomic mass is 16.3. The zero-order chi connectivity index (χ0) is 15.6. The van der Waals surface area contributed by atoms with E-state index in [-0.39, 0.29) is 18.4 Å². The summed E-state index contributed by atoms with van der Waals surface area (Å²) in [7, 11) is 0. The van der Waals surface area contributed by atoms with Crippen molar-refractivity contribution in [2.24, 2.45) is 5.92 Å². The predicted molar refractivity (Wildman–Crippen MR) is 82.3 cm³/mol. The van der Waals surface area contributed by atoms with Gasteiger partial charge in [-0.25, -0.2) is 0 Å². The van der Waals surface area contributed by atoms with E-state index in [0.29, 0.717) is 17.9 Å². The van der Waals surface area contributed by atoms with Gasteiger partial charge in [-0.2, -0.15) is 0 Å². The van der Waals surface area contributed by atoms with E-state index in [1.54, 1.807) is 0 Å². The lowest BCUT2D eigenvalue weighted by molar-refractivity contribution is 0.176. The van der Waals surface area contributed by atoms with Crippen LogP contribution in [-0.2, 0) is 13.2 Å². The average Bonchev–Trinajstić information content (AvgIpc) is 2.45. The zero-order valence-corrected chi connectivity index (χ0v) is 13.2. The van der Waals surface area contributed by atoms with Gasteiger partial charge in [0.25, 0.3) is 0 Å². The van der Waals surface area contributed by atoms with E-state index in [9.17, 15) is 15.0 Å². The van der Waals surface area contributed by atoms with Crippen molar-refractivity contribution in [3.63, 3.8) is 0 Å². The minimum Gasteiger partial charge on any atom is -0.503 e. The standard InChI is InChI=1S/C16H26N2O3/c1-11(2)18-13(10-19)8-15(20)16(21)14(18)9-17-6-4-12(3)5-7-17/h8,11-12,19,21H,4-7,9-10H2,1-3H3. The monoisotopic (exact) mass is 294 g/mol. The second kappa shape index (κ2) is 6.62. The Morgan fingerprint density at radius 2 is 1.95 bits per heavy atom. The number of rotatable bonds is 4. The molecule has 5 nitrogen and oxygen atoms in total. The number of pyridine rings is 1. The topological polar surface area (TPSA) is 65.7 Å². The number of hydrogen-bond donors (Lipinski definition) is 2. The Bertz CT molecular complexity index is 543. The molecular formula is C16H26N2O3. The first-order valence-corrected chi connectivity index (χ1v) is 7.73. The van der Waals surface area contributed by atoms with Gasteiger partial charge in [-0.05, 0) is 45.7 Å². The minimum absolute atomic E-state index is 0.0809. The third-order valence-electron chi connectivity index (χ3n) is 4.33. The van der Waals surface area contributed by atoms with Crippen molar-refractivity contribution in [2.75, 3.05) is 13.1 Å². The quantitative estimate of drug-likeness (QED) is 0.889. The van der Waals surface area contributed by atoms with E-state index < -0.39 is 5.43 Å². The van der Waals surface area contributed by atoms with E-state index in [1.807, 2.05) is 18.4 Å². The van der Waals surface area contributed by atoms with Gasteiger partial charge in [0.2, 0.25) is 5.43 Å². The van der Waals surface area contributed by atoms with Gasteiger partial charge in [0.1, 0.15) is 0 Å². The molecule has 1 saturated heterocycles. The summed E-state index contributed by atoms with van der Waals surface area (Å²) in [4.78, 5) is 14.2. The smallest absolute Gasteiger partial charge is 0.223 e. The first kappa shape index (κ1) is 16.0.